The summed E-state index contributed by atoms with van der Waals surface area (Å²) < 4.78 is 5.75. The van der Waals surface area contributed by atoms with Crippen molar-refractivity contribution in [3.05, 3.63) is 89.5 Å². The second-order valence-electron chi connectivity index (χ2n) is 7.42. The van der Waals surface area contributed by atoms with Gasteiger partial charge in [-0.3, -0.25) is 4.79 Å². The van der Waals surface area contributed by atoms with E-state index in [0.717, 1.165) is 35.5 Å². The summed E-state index contributed by atoms with van der Waals surface area (Å²) >= 11 is 0. The second-order valence-corrected chi connectivity index (χ2v) is 7.42. The Morgan fingerprint density at radius 1 is 0.833 bits per heavy atom. The van der Waals surface area contributed by atoms with Crippen molar-refractivity contribution in [3.8, 4) is 22.9 Å². The molecule has 0 atom stereocenters. The third-order valence-corrected chi connectivity index (χ3v) is 5.11. The number of hydrogen-bond donors (Lipinski definition) is 0. The van der Waals surface area contributed by atoms with Gasteiger partial charge in [0.05, 0.1) is 18.2 Å². The molecule has 0 saturated heterocycles. The van der Waals surface area contributed by atoms with Crippen molar-refractivity contribution in [2.45, 2.75) is 39.0 Å². The molecule has 0 aromatic heterocycles. The number of carbonyl (C=O) groups excluding carboxylic acids is 1. The maximum Gasteiger partial charge on any atom is 0.167 e. The minimum atomic E-state index is 0.0932. The van der Waals surface area contributed by atoms with Gasteiger partial charge >= 0.3 is 0 Å². The van der Waals surface area contributed by atoms with Gasteiger partial charge in [-0.1, -0.05) is 62.6 Å². The lowest BCUT2D eigenvalue weighted by atomic mass is 9.99. The minimum absolute atomic E-state index is 0.0932. The molecule has 0 aliphatic rings. The molecule has 0 amide bonds. The third kappa shape index (κ3) is 6.06. The van der Waals surface area contributed by atoms with E-state index in [4.69, 9.17) is 10.00 Å². The molecule has 3 heteroatoms. The Hall–Kier alpha value is -3.38. The Morgan fingerprint density at radius 3 is 2.07 bits per heavy atom. The molecule has 0 bridgehead atoms. The average Bonchev–Trinajstić information content (AvgIpc) is 2.80. The molecule has 30 heavy (non-hydrogen) atoms. The van der Waals surface area contributed by atoms with Gasteiger partial charge < -0.3 is 4.74 Å². The lowest BCUT2D eigenvalue weighted by Crippen LogP contribution is -2.04. The average molecular weight is 398 g/mol. The standard InChI is InChI=1S/C27H27NO2/c1-2-3-4-5-18-30-26-16-14-25(15-17-26)27(29)19-21-6-10-23(11-7-21)24-12-8-22(20-28)9-13-24/h6-17H,2-5,18-19H2,1H3. The van der Waals surface area contributed by atoms with E-state index in [1.807, 2.05) is 72.8 Å². The Morgan fingerprint density at radius 2 is 1.47 bits per heavy atom. The van der Waals surface area contributed by atoms with Crippen molar-refractivity contribution >= 4 is 5.78 Å². The molecule has 0 aliphatic carbocycles. The molecule has 3 aromatic carbocycles. The number of ketones is 1. The van der Waals surface area contributed by atoms with E-state index in [1.165, 1.54) is 19.3 Å². The Balaban J connectivity index is 1.54. The monoisotopic (exact) mass is 397 g/mol. The molecule has 0 radical (unpaired) electrons. The Labute approximate surface area is 178 Å². The fourth-order valence-electron chi connectivity index (χ4n) is 3.30. The first-order valence-corrected chi connectivity index (χ1v) is 10.5. The number of nitrogens with zero attached hydrogens (tertiary/aromatic N) is 1. The summed E-state index contributed by atoms with van der Waals surface area (Å²) in [6.45, 7) is 2.92. The van der Waals surface area contributed by atoms with E-state index in [9.17, 15) is 4.79 Å². The van der Waals surface area contributed by atoms with Crippen LogP contribution in [-0.4, -0.2) is 12.4 Å². The highest BCUT2D eigenvalue weighted by atomic mass is 16.5. The molecule has 0 fully saturated rings. The zero-order chi connectivity index (χ0) is 21.2. The van der Waals surface area contributed by atoms with Crippen LogP contribution >= 0.6 is 0 Å². The van der Waals surface area contributed by atoms with Gasteiger partial charge in [0.15, 0.2) is 5.78 Å². The van der Waals surface area contributed by atoms with Crippen LogP contribution in [0.1, 0.15) is 54.1 Å². The van der Waals surface area contributed by atoms with Gasteiger partial charge in [0.25, 0.3) is 0 Å². The normalized spacial score (nSPS) is 10.4. The topological polar surface area (TPSA) is 50.1 Å². The van der Waals surface area contributed by atoms with E-state index < -0.39 is 0 Å². The van der Waals surface area contributed by atoms with Crippen LogP contribution in [0, 0.1) is 11.3 Å². The lowest BCUT2D eigenvalue weighted by Gasteiger charge is -2.07. The fraction of sp³-hybridized carbons (Fsp3) is 0.259. The number of hydrogen-bond acceptors (Lipinski definition) is 3. The number of carbonyl (C=O) groups is 1. The smallest absolute Gasteiger partial charge is 0.167 e. The number of rotatable bonds is 10. The fourth-order valence-corrected chi connectivity index (χ4v) is 3.30. The van der Waals surface area contributed by atoms with E-state index in [1.54, 1.807) is 0 Å². The molecule has 3 aromatic rings. The van der Waals surface area contributed by atoms with Crippen molar-refractivity contribution in [1.29, 1.82) is 5.26 Å². The zero-order valence-corrected chi connectivity index (χ0v) is 17.4. The molecule has 0 spiro atoms. The van der Waals surface area contributed by atoms with Crippen LogP contribution in [0.2, 0.25) is 0 Å². The van der Waals surface area contributed by atoms with E-state index in [-0.39, 0.29) is 5.78 Å². The lowest BCUT2D eigenvalue weighted by molar-refractivity contribution is 0.0993. The molecule has 0 aliphatic heterocycles. The van der Waals surface area contributed by atoms with Gasteiger partial charge in [0, 0.05) is 12.0 Å². The highest BCUT2D eigenvalue weighted by molar-refractivity contribution is 5.97. The zero-order valence-electron chi connectivity index (χ0n) is 17.4. The van der Waals surface area contributed by atoms with Crippen molar-refractivity contribution in [3.63, 3.8) is 0 Å². The summed E-state index contributed by atoms with van der Waals surface area (Å²) in [4.78, 5) is 12.6. The van der Waals surface area contributed by atoms with Crippen LogP contribution in [0.4, 0.5) is 0 Å². The van der Waals surface area contributed by atoms with Gasteiger partial charge in [-0.25, -0.2) is 0 Å². The summed E-state index contributed by atoms with van der Waals surface area (Å²) in [5.74, 6) is 0.908. The Kier molecular flexibility index (Phi) is 7.80. The largest absolute Gasteiger partial charge is 0.494 e. The number of benzene rings is 3. The number of Topliss-reactive ketones (excluding diaryl/α,β-unsaturated/α-hetero) is 1. The first-order chi connectivity index (χ1) is 14.7. The molecule has 0 N–H and O–H groups in total. The van der Waals surface area contributed by atoms with E-state index in [0.29, 0.717) is 17.5 Å². The maximum absolute atomic E-state index is 12.6. The predicted octanol–water partition coefficient (Wildman–Crippen LogP) is 6.61. The van der Waals surface area contributed by atoms with Gasteiger partial charge in [-0.15, -0.1) is 0 Å². The van der Waals surface area contributed by atoms with Crippen LogP contribution in [0.3, 0.4) is 0 Å². The number of nitriles is 1. The summed E-state index contributed by atoms with van der Waals surface area (Å²) in [5, 5.41) is 8.91. The number of unbranched alkanes of at least 4 members (excludes halogenated alkanes) is 3. The summed E-state index contributed by atoms with van der Waals surface area (Å²) in [7, 11) is 0. The highest BCUT2D eigenvalue weighted by Crippen LogP contribution is 2.21. The van der Waals surface area contributed by atoms with Gasteiger partial charge in [0.2, 0.25) is 0 Å². The molecule has 3 nitrogen and oxygen atoms in total. The predicted molar refractivity (Wildman–Crippen MR) is 121 cm³/mol. The molecule has 0 saturated carbocycles. The van der Waals surface area contributed by atoms with Crippen molar-refractivity contribution < 1.29 is 9.53 Å². The second kappa shape index (κ2) is 11.0. The molecular weight excluding hydrogens is 370 g/mol. The summed E-state index contributed by atoms with van der Waals surface area (Å²) in [6, 6.07) is 25.1. The van der Waals surface area contributed by atoms with Crippen LogP contribution in [0.15, 0.2) is 72.8 Å². The van der Waals surface area contributed by atoms with Crippen LogP contribution in [0.25, 0.3) is 11.1 Å². The van der Waals surface area contributed by atoms with Gasteiger partial charge in [-0.2, -0.15) is 5.26 Å². The van der Waals surface area contributed by atoms with Crippen LogP contribution in [0.5, 0.6) is 5.75 Å². The SMILES string of the molecule is CCCCCCOc1ccc(C(=O)Cc2ccc(-c3ccc(C#N)cc3)cc2)cc1. The van der Waals surface area contributed by atoms with Crippen LogP contribution in [-0.2, 0) is 6.42 Å². The Bertz CT molecular complexity index is 981. The molecular formula is C27H27NO2. The third-order valence-electron chi connectivity index (χ3n) is 5.11. The van der Waals surface area contributed by atoms with Gasteiger partial charge in [0.1, 0.15) is 5.75 Å². The van der Waals surface area contributed by atoms with E-state index in [2.05, 4.69) is 13.0 Å². The van der Waals surface area contributed by atoms with E-state index >= 15 is 0 Å². The van der Waals surface area contributed by atoms with Crippen molar-refractivity contribution in [1.82, 2.24) is 0 Å². The molecule has 0 heterocycles. The van der Waals surface area contributed by atoms with Crippen molar-refractivity contribution in [2.24, 2.45) is 0 Å². The first-order valence-electron chi connectivity index (χ1n) is 10.5. The molecule has 0 unspecified atom stereocenters. The minimum Gasteiger partial charge on any atom is -0.494 e. The summed E-state index contributed by atoms with van der Waals surface area (Å²) in [6.07, 6.45) is 5.08. The molecule has 152 valence electrons. The van der Waals surface area contributed by atoms with Crippen molar-refractivity contribution in [2.75, 3.05) is 6.61 Å². The first kappa shape index (κ1) is 21.3. The number of ether oxygens (including phenoxy) is 1. The summed E-state index contributed by atoms with van der Waals surface area (Å²) in [5.41, 5.74) is 4.44. The highest BCUT2D eigenvalue weighted by Gasteiger charge is 2.08. The molecule has 3 rings (SSSR count). The quantitative estimate of drug-likeness (QED) is 0.286. The maximum atomic E-state index is 12.6. The van der Waals surface area contributed by atoms with Crippen LogP contribution < -0.4 is 4.74 Å². The van der Waals surface area contributed by atoms with Gasteiger partial charge in [-0.05, 0) is 59.5 Å².